The van der Waals surface area contributed by atoms with E-state index in [1.807, 2.05) is 64.1 Å². The zero-order chi connectivity index (χ0) is 13.5. The van der Waals surface area contributed by atoms with Crippen molar-refractivity contribution in [3.05, 3.63) is 53.8 Å². The molecule has 0 aliphatic heterocycles. The van der Waals surface area contributed by atoms with Gasteiger partial charge in [0.25, 0.3) is 0 Å². The van der Waals surface area contributed by atoms with E-state index in [9.17, 15) is 0 Å². The number of aromatic nitrogens is 5. The average molecular weight is 281 g/mol. The van der Waals surface area contributed by atoms with Gasteiger partial charge in [-0.15, -0.1) is 16.4 Å². The summed E-state index contributed by atoms with van der Waals surface area (Å²) in [5.41, 5.74) is 3.67. The van der Waals surface area contributed by atoms with Gasteiger partial charge in [-0.1, -0.05) is 23.4 Å². The highest BCUT2D eigenvalue weighted by Crippen LogP contribution is 2.23. The van der Waals surface area contributed by atoms with Gasteiger partial charge in [-0.05, 0) is 19.1 Å². The van der Waals surface area contributed by atoms with Gasteiger partial charge in [0.1, 0.15) is 11.4 Å². The first kappa shape index (κ1) is 11.4. The lowest BCUT2D eigenvalue weighted by atomic mass is 10.2. The molecule has 1 aromatic carbocycles. The van der Waals surface area contributed by atoms with Crippen LogP contribution in [0.4, 0.5) is 0 Å². The van der Waals surface area contributed by atoms with Crippen LogP contribution in [-0.2, 0) is 0 Å². The highest BCUT2D eigenvalue weighted by molar-refractivity contribution is 7.15. The van der Waals surface area contributed by atoms with E-state index in [4.69, 9.17) is 0 Å². The van der Waals surface area contributed by atoms with Crippen molar-refractivity contribution >= 4 is 16.3 Å². The van der Waals surface area contributed by atoms with E-state index in [-0.39, 0.29) is 0 Å². The molecule has 0 bridgehead atoms. The molecule has 0 atom stereocenters. The molecule has 0 saturated heterocycles. The van der Waals surface area contributed by atoms with E-state index in [1.165, 1.54) is 0 Å². The van der Waals surface area contributed by atoms with Crippen molar-refractivity contribution in [2.45, 2.75) is 6.92 Å². The topological polar surface area (TPSA) is 48.0 Å². The van der Waals surface area contributed by atoms with Gasteiger partial charge in [0.05, 0.1) is 11.4 Å². The number of hydrogen-bond donors (Lipinski definition) is 0. The molecule has 4 rings (SSSR count). The van der Waals surface area contributed by atoms with Crippen LogP contribution in [0.5, 0.6) is 0 Å². The van der Waals surface area contributed by atoms with E-state index in [2.05, 4.69) is 15.3 Å². The van der Waals surface area contributed by atoms with Gasteiger partial charge < -0.3 is 0 Å². The van der Waals surface area contributed by atoms with E-state index >= 15 is 0 Å². The van der Waals surface area contributed by atoms with Crippen molar-refractivity contribution in [3.63, 3.8) is 0 Å². The third kappa shape index (κ3) is 1.65. The minimum atomic E-state index is 0.824. The predicted octanol–water partition coefficient (Wildman–Crippen LogP) is 2.95. The summed E-state index contributed by atoms with van der Waals surface area (Å²) < 4.78 is 3.84. The van der Waals surface area contributed by atoms with E-state index in [0.29, 0.717) is 0 Å². The predicted molar refractivity (Wildman–Crippen MR) is 78.2 cm³/mol. The Morgan fingerprint density at radius 1 is 1.15 bits per heavy atom. The summed E-state index contributed by atoms with van der Waals surface area (Å²) in [6.45, 7) is 2.01. The molecule has 0 fully saturated rings. The quantitative estimate of drug-likeness (QED) is 0.567. The van der Waals surface area contributed by atoms with Crippen LogP contribution in [0.3, 0.4) is 0 Å². The molecular weight excluding hydrogens is 270 g/mol. The fourth-order valence-corrected chi connectivity index (χ4v) is 2.92. The standard InChI is InChI=1S/C14H11N5S/c1-10-13(12-9-18-7-8-20-14(18)15-12)16-17-19(10)11-5-3-2-4-6-11/h2-9H,1H3. The Morgan fingerprint density at radius 3 is 2.80 bits per heavy atom. The molecule has 5 nitrogen and oxygen atoms in total. The van der Waals surface area contributed by atoms with E-state index in [1.54, 1.807) is 11.3 Å². The van der Waals surface area contributed by atoms with Crippen LogP contribution < -0.4 is 0 Å². The maximum atomic E-state index is 4.58. The Morgan fingerprint density at radius 2 is 2.00 bits per heavy atom. The zero-order valence-electron chi connectivity index (χ0n) is 10.8. The van der Waals surface area contributed by atoms with Crippen LogP contribution in [0.2, 0.25) is 0 Å². The molecule has 0 amide bonds. The first-order valence-electron chi connectivity index (χ1n) is 6.23. The number of para-hydroxylation sites is 1. The molecular formula is C14H11N5S. The average Bonchev–Trinajstić information content (AvgIpc) is 3.13. The molecule has 4 aromatic rings. The second-order valence-electron chi connectivity index (χ2n) is 4.49. The largest absolute Gasteiger partial charge is 0.297 e. The van der Waals surface area contributed by atoms with Crippen molar-refractivity contribution in [2.24, 2.45) is 0 Å². The maximum Gasteiger partial charge on any atom is 0.194 e. The molecule has 0 saturated carbocycles. The van der Waals surface area contributed by atoms with Gasteiger partial charge in [-0.25, -0.2) is 9.67 Å². The third-order valence-corrected chi connectivity index (χ3v) is 4.00. The molecule has 0 aliphatic carbocycles. The Labute approximate surface area is 119 Å². The summed E-state index contributed by atoms with van der Waals surface area (Å²) in [4.78, 5) is 5.54. The SMILES string of the molecule is Cc1c(-c2cn3ccsc3n2)nnn1-c1ccccc1. The lowest BCUT2D eigenvalue weighted by Crippen LogP contribution is -1.98. The van der Waals surface area contributed by atoms with Crippen molar-refractivity contribution in [1.29, 1.82) is 0 Å². The molecule has 98 valence electrons. The molecule has 0 N–H and O–H groups in total. The molecule has 20 heavy (non-hydrogen) atoms. The molecule has 3 heterocycles. The van der Waals surface area contributed by atoms with Gasteiger partial charge in [-0.2, -0.15) is 0 Å². The van der Waals surface area contributed by atoms with E-state index in [0.717, 1.165) is 27.7 Å². The van der Waals surface area contributed by atoms with Crippen LogP contribution in [0.1, 0.15) is 5.69 Å². The van der Waals surface area contributed by atoms with Gasteiger partial charge in [-0.3, -0.25) is 4.40 Å². The molecule has 0 radical (unpaired) electrons. The van der Waals surface area contributed by atoms with Gasteiger partial charge in [0, 0.05) is 17.8 Å². The summed E-state index contributed by atoms with van der Waals surface area (Å²) in [7, 11) is 0. The van der Waals surface area contributed by atoms with Crippen LogP contribution >= 0.6 is 11.3 Å². The maximum absolute atomic E-state index is 4.58. The lowest BCUT2D eigenvalue weighted by Gasteiger charge is -2.02. The summed E-state index contributed by atoms with van der Waals surface area (Å²) in [5, 5.41) is 10.5. The van der Waals surface area contributed by atoms with Crippen LogP contribution in [0, 0.1) is 6.92 Å². The van der Waals surface area contributed by atoms with Gasteiger partial charge >= 0.3 is 0 Å². The van der Waals surface area contributed by atoms with Crippen molar-refractivity contribution in [2.75, 3.05) is 0 Å². The molecule has 0 aliphatic rings. The normalized spacial score (nSPS) is 11.2. The number of imidazole rings is 1. The number of fused-ring (bicyclic) bond motifs is 1. The molecule has 6 heteroatoms. The second-order valence-corrected chi connectivity index (χ2v) is 5.36. The first-order valence-corrected chi connectivity index (χ1v) is 7.11. The van der Waals surface area contributed by atoms with Crippen molar-refractivity contribution in [1.82, 2.24) is 24.4 Å². The monoisotopic (exact) mass is 281 g/mol. The number of rotatable bonds is 2. The molecule has 3 aromatic heterocycles. The summed E-state index contributed by atoms with van der Waals surface area (Å²) in [5.74, 6) is 0. The summed E-state index contributed by atoms with van der Waals surface area (Å²) in [6, 6.07) is 9.99. The number of thiazole rings is 1. The van der Waals surface area contributed by atoms with Gasteiger partial charge in [0.2, 0.25) is 0 Å². The van der Waals surface area contributed by atoms with Gasteiger partial charge in [0.15, 0.2) is 4.96 Å². The minimum absolute atomic E-state index is 0.824. The Balaban J connectivity index is 1.84. The Bertz CT molecular complexity index is 843. The highest BCUT2D eigenvalue weighted by atomic mass is 32.1. The number of nitrogens with zero attached hydrogens (tertiary/aromatic N) is 5. The minimum Gasteiger partial charge on any atom is -0.297 e. The Hall–Kier alpha value is -2.47. The van der Waals surface area contributed by atoms with E-state index < -0.39 is 0 Å². The van der Waals surface area contributed by atoms with Crippen molar-refractivity contribution < 1.29 is 0 Å². The summed E-state index contributed by atoms with van der Waals surface area (Å²) >= 11 is 1.61. The molecule has 0 spiro atoms. The third-order valence-electron chi connectivity index (χ3n) is 3.23. The fraction of sp³-hybridized carbons (Fsp3) is 0.0714. The first-order chi connectivity index (χ1) is 9.83. The second kappa shape index (κ2) is 4.28. The van der Waals surface area contributed by atoms with Crippen LogP contribution in [0.15, 0.2) is 48.1 Å². The Kier molecular flexibility index (Phi) is 2.43. The smallest absolute Gasteiger partial charge is 0.194 e. The highest BCUT2D eigenvalue weighted by Gasteiger charge is 2.15. The van der Waals surface area contributed by atoms with Crippen LogP contribution in [0.25, 0.3) is 22.0 Å². The number of hydrogen-bond acceptors (Lipinski definition) is 4. The zero-order valence-corrected chi connectivity index (χ0v) is 11.6. The molecule has 0 unspecified atom stereocenters. The fourth-order valence-electron chi connectivity index (χ4n) is 2.22. The number of benzene rings is 1. The summed E-state index contributed by atoms with van der Waals surface area (Å²) in [6.07, 6.45) is 3.98. The lowest BCUT2D eigenvalue weighted by molar-refractivity contribution is 0.785. The van der Waals surface area contributed by atoms with Crippen molar-refractivity contribution in [3.8, 4) is 17.1 Å². The van der Waals surface area contributed by atoms with Crippen LogP contribution in [-0.4, -0.2) is 24.4 Å².